The van der Waals surface area contributed by atoms with E-state index in [1.54, 1.807) is 12.3 Å². The van der Waals surface area contributed by atoms with Gasteiger partial charge in [0.2, 0.25) is 0 Å². The van der Waals surface area contributed by atoms with E-state index < -0.39 is 0 Å². The Labute approximate surface area is 116 Å². The summed E-state index contributed by atoms with van der Waals surface area (Å²) >= 11 is 11.2. The van der Waals surface area contributed by atoms with Crippen LogP contribution in [0.15, 0.2) is 36.5 Å². The Hall–Kier alpha value is -1.65. The second-order valence-electron chi connectivity index (χ2n) is 3.83. The van der Waals surface area contributed by atoms with Crippen molar-refractivity contribution in [2.75, 3.05) is 5.32 Å². The summed E-state index contributed by atoms with van der Waals surface area (Å²) in [5.41, 5.74) is 8.13. The zero-order valence-electron chi connectivity index (χ0n) is 9.77. The summed E-state index contributed by atoms with van der Waals surface area (Å²) in [7, 11) is 0. The molecule has 3 nitrogen and oxygen atoms in total. The molecule has 0 amide bonds. The first-order valence-corrected chi connectivity index (χ1v) is 6.15. The van der Waals surface area contributed by atoms with Gasteiger partial charge in [-0.05, 0) is 30.7 Å². The average Bonchev–Trinajstić information content (AvgIpc) is 2.35. The van der Waals surface area contributed by atoms with Crippen molar-refractivity contribution in [3.63, 3.8) is 0 Å². The third-order valence-electron chi connectivity index (χ3n) is 2.52. The average molecular weight is 278 g/mol. The number of hydrogen-bond acceptors (Lipinski definition) is 3. The van der Waals surface area contributed by atoms with Crippen LogP contribution in [0.2, 0.25) is 5.02 Å². The zero-order valence-corrected chi connectivity index (χ0v) is 11.3. The molecule has 0 saturated carbocycles. The molecule has 2 rings (SSSR count). The van der Waals surface area contributed by atoms with E-state index in [2.05, 4.69) is 10.3 Å². The largest absolute Gasteiger partial charge is 0.389 e. The maximum atomic E-state index is 6.22. The normalized spacial score (nSPS) is 10.1. The van der Waals surface area contributed by atoms with Gasteiger partial charge in [-0.25, -0.2) is 4.98 Å². The van der Waals surface area contributed by atoms with Gasteiger partial charge in [-0.15, -0.1) is 0 Å². The standard InChI is InChI=1S/C13H12ClN3S/c1-8-4-2-6-10(11(8)14)17-13-9(12(15)18)5-3-7-16-13/h2-7H,1H3,(H2,15,18)(H,16,17). The van der Waals surface area contributed by atoms with Crippen molar-refractivity contribution in [2.45, 2.75) is 6.92 Å². The number of anilines is 2. The van der Waals surface area contributed by atoms with Crippen LogP contribution in [0, 0.1) is 6.92 Å². The van der Waals surface area contributed by atoms with E-state index in [0.717, 1.165) is 11.3 Å². The monoisotopic (exact) mass is 277 g/mol. The zero-order chi connectivity index (χ0) is 13.1. The number of halogens is 1. The minimum absolute atomic E-state index is 0.300. The molecular formula is C13H12ClN3S. The van der Waals surface area contributed by atoms with Crippen molar-refractivity contribution in [3.8, 4) is 0 Å². The number of benzene rings is 1. The maximum absolute atomic E-state index is 6.22. The molecule has 0 aliphatic rings. The summed E-state index contributed by atoms with van der Waals surface area (Å²) in [5.74, 6) is 0.609. The van der Waals surface area contributed by atoms with Gasteiger partial charge in [0.1, 0.15) is 10.8 Å². The van der Waals surface area contributed by atoms with Gasteiger partial charge in [0.15, 0.2) is 0 Å². The topological polar surface area (TPSA) is 50.9 Å². The van der Waals surface area contributed by atoms with E-state index in [4.69, 9.17) is 29.6 Å². The Morgan fingerprint density at radius 2 is 2.11 bits per heavy atom. The third-order valence-corrected chi connectivity index (χ3v) is 3.24. The number of thiocarbonyl (C=S) groups is 1. The number of nitrogens with one attached hydrogen (secondary N) is 1. The predicted octanol–water partition coefficient (Wildman–Crippen LogP) is 3.42. The smallest absolute Gasteiger partial charge is 0.140 e. The van der Waals surface area contributed by atoms with Crippen molar-refractivity contribution >= 4 is 40.3 Å². The van der Waals surface area contributed by atoms with Crippen molar-refractivity contribution in [2.24, 2.45) is 5.73 Å². The highest BCUT2D eigenvalue weighted by molar-refractivity contribution is 7.80. The number of nitrogens with two attached hydrogens (primary N) is 1. The summed E-state index contributed by atoms with van der Waals surface area (Å²) in [5, 5.41) is 3.82. The molecule has 0 bridgehead atoms. The molecule has 18 heavy (non-hydrogen) atoms. The van der Waals surface area contributed by atoms with Gasteiger partial charge < -0.3 is 11.1 Å². The van der Waals surface area contributed by atoms with Gasteiger partial charge in [0, 0.05) is 6.20 Å². The van der Waals surface area contributed by atoms with Crippen LogP contribution in [-0.4, -0.2) is 9.97 Å². The van der Waals surface area contributed by atoms with Crippen LogP contribution in [0.25, 0.3) is 0 Å². The fraction of sp³-hybridized carbons (Fsp3) is 0.0769. The summed E-state index contributed by atoms with van der Waals surface area (Å²) in [6.07, 6.45) is 1.67. The molecule has 5 heteroatoms. The number of hydrogen-bond donors (Lipinski definition) is 2. The van der Waals surface area contributed by atoms with Crippen LogP contribution in [0.5, 0.6) is 0 Å². The first-order valence-electron chi connectivity index (χ1n) is 5.36. The maximum Gasteiger partial charge on any atom is 0.140 e. The van der Waals surface area contributed by atoms with Gasteiger partial charge in [0.25, 0.3) is 0 Å². The molecule has 0 aliphatic heterocycles. The molecule has 92 valence electrons. The predicted molar refractivity (Wildman–Crippen MR) is 79.6 cm³/mol. The molecular weight excluding hydrogens is 266 g/mol. The van der Waals surface area contributed by atoms with E-state index in [1.165, 1.54) is 0 Å². The SMILES string of the molecule is Cc1cccc(Nc2ncccc2C(N)=S)c1Cl. The highest BCUT2D eigenvalue weighted by atomic mass is 35.5. The third kappa shape index (κ3) is 2.60. The lowest BCUT2D eigenvalue weighted by atomic mass is 10.2. The minimum Gasteiger partial charge on any atom is -0.389 e. The lowest BCUT2D eigenvalue weighted by Crippen LogP contribution is -2.12. The van der Waals surface area contributed by atoms with Crippen LogP contribution >= 0.6 is 23.8 Å². The quantitative estimate of drug-likeness (QED) is 0.844. The summed E-state index contributed by atoms with van der Waals surface area (Å²) in [6, 6.07) is 9.36. The van der Waals surface area contributed by atoms with E-state index >= 15 is 0 Å². The van der Waals surface area contributed by atoms with Gasteiger partial charge in [0.05, 0.1) is 16.3 Å². The number of pyridine rings is 1. The van der Waals surface area contributed by atoms with Crippen LogP contribution < -0.4 is 11.1 Å². The Morgan fingerprint density at radius 1 is 1.33 bits per heavy atom. The molecule has 0 saturated heterocycles. The Kier molecular flexibility index (Phi) is 3.79. The Bertz CT molecular complexity index is 599. The second kappa shape index (κ2) is 5.33. The van der Waals surface area contributed by atoms with E-state index in [1.807, 2.05) is 31.2 Å². The molecule has 0 atom stereocenters. The number of nitrogens with zero attached hydrogens (tertiary/aromatic N) is 1. The molecule has 1 aromatic carbocycles. The molecule has 1 aromatic heterocycles. The van der Waals surface area contributed by atoms with E-state index in [-0.39, 0.29) is 0 Å². The van der Waals surface area contributed by atoms with E-state index in [9.17, 15) is 0 Å². The highest BCUT2D eigenvalue weighted by Gasteiger charge is 2.08. The van der Waals surface area contributed by atoms with E-state index in [0.29, 0.717) is 21.4 Å². The summed E-state index contributed by atoms with van der Waals surface area (Å²) < 4.78 is 0. The lowest BCUT2D eigenvalue weighted by Gasteiger charge is -2.12. The van der Waals surface area contributed by atoms with Crippen molar-refractivity contribution < 1.29 is 0 Å². The number of rotatable bonds is 3. The van der Waals surface area contributed by atoms with Gasteiger partial charge >= 0.3 is 0 Å². The first kappa shape index (κ1) is 12.8. The molecule has 0 radical (unpaired) electrons. The lowest BCUT2D eigenvalue weighted by molar-refractivity contribution is 1.29. The van der Waals surface area contributed by atoms with Crippen LogP contribution in [-0.2, 0) is 0 Å². The number of aryl methyl sites for hydroxylation is 1. The number of aromatic nitrogens is 1. The molecule has 0 spiro atoms. The Morgan fingerprint density at radius 3 is 2.83 bits per heavy atom. The second-order valence-corrected chi connectivity index (χ2v) is 4.64. The van der Waals surface area contributed by atoms with Crippen molar-refractivity contribution in [3.05, 3.63) is 52.7 Å². The molecule has 2 aromatic rings. The molecule has 0 fully saturated rings. The summed E-state index contributed by atoms with van der Waals surface area (Å²) in [6.45, 7) is 1.94. The van der Waals surface area contributed by atoms with Crippen LogP contribution in [0.3, 0.4) is 0 Å². The first-order chi connectivity index (χ1) is 8.59. The fourth-order valence-electron chi connectivity index (χ4n) is 1.58. The highest BCUT2D eigenvalue weighted by Crippen LogP contribution is 2.28. The molecule has 0 unspecified atom stereocenters. The fourth-order valence-corrected chi connectivity index (χ4v) is 1.91. The van der Waals surface area contributed by atoms with Crippen molar-refractivity contribution in [1.29, 1.82) is 0 Å². The molecule has 3 N–H and O–H groups in total. The van der Waals surface area contributed by atoms with Crippen LogP contribution in [0.4, 0.5) is 11.5 Å². The molecule has 0 aliphatic carbocycles. The minimum atomic E-state index is 0.300. The van der Waals surface area contributed by atoms with Crippen molar-refractivity contribution in [1.82, 2.24) is 4.98 Å². The summed E-state index contributed by atoms with van der Waals surface area (Å²) in [4.78, 5) is 4.53. The van der Waals surface area contributed by atoms with Gasteiger partial charge in [-0.3, -0.25) is 0 Å². The molecule has 1 heterocycles. The van der Waals surface area contributed by atoms with Gasteiger partial charge in [-0.1, -0.05) is 36.0 Å². The Balaban J connectivity index is 2.40. The van der Waals surface area contributed by atoms with Gasteiger partial charge in [-0.2, -0.15) is 0 Å². The van der Waals surface area contributed by atoms with Crippen LogP contribution in [0.1, 0.15) is 11.1 Å².